The van der Waals surface area contributed by atoms with Crippen LogP contribution in [0.5, 0.6) is 5.75 Å². The Labute approximate surface area is 194 Å². The number of methoxy groups -OCH3 is 1. The Morgan fingerprint density at radius 2 is 1.65 bits per heavy atom. The average molecular weight is 471 g/mol. The van der Waals surface area contributed by atoms with E-state index in [-0.39, 0.29) is 11.3 Å². The smallest absolute Gasteiger partial charge is 0.416 e. The first kappa shape index (κ1) is 23.4. The number of nitrogens with zero attached hydrogens (tertiary/aromatic N) is 3. The van der Waals surface area contributed by atoms with Gasteiger partial charge in [0.1, 0.15) is 11.3 Å². The zero-order chi connectivity index (χ0) is 24.5. The molecule has 1 saturated heterocycles. The summed E-state index contributed by atoms with van der Waals surface area (Å²) in [4.78, 5) is 30.1. The summed E-state index contributed by atoms with van der Waals surface area (Å²) in [5.41, 5.74) is -0.153. The van der Waals surface area contributed by atoms with E-state index in [1.54, 1.807) is 25.0 Å². The number of piperazine rings is 1. The molecule has 0 atom stereocenters. The molecule has 0 N–H and O–H groups in total. The van der Waals surface area contributed by atoms with Crippen LogP contribution < -0.4 is 15.2 Å². The first-order chi connectivity index (χ1) is 16.2. The molecule has 1 aliphatic heterocycles. The lowest BCUT2D eigenvalue weighted by molar-refractivity contribution is -0.137. The standard InChI is InChI=1S/C25H24F3N3O3/c1-17-10-11-20(24(33)31(17)19-7-5-6-18(16-19)25(26,27)28)23(32)30-14-12-29(13-15-30)21-8-3-4-9-22(21)34-2/h3-11,16H,12-15H2,1-2H3. The van der Waals surface area contributed by atoms with Gasteiger partial charge in [0.25, 0.3) is 11.5 Å². The van der Waals surface area contributed by atoms with Gasteiger partial charge in [-0.1, -0.05) is 18.2 Å². The first-order valence-electron chi connectivity index (χ1n) is 10.8. The van der Waals surface area contributed by atoms with Crippen molar-refractivity contribution in [2.45, 2.75) is 13.1 Å². The number of hydrogen-bond acceptors (Lipinski definition) is 4. The van der Waals surface area contributed by atoms with E-state index >= 15 is 0 Å². The van der Waals surface area contributed by atoms with Gasteiger partial charge in [0, 0.05) is 37.6 Å². The molecule has 0 aliphatic carbocycles. The van der Waals surface area contributed by atoms with Crippen LogP contribution in [-0.2, 0) is 6.18 Å². The predicted octanol–water partition coefficient (Wildman–Crippen LogP) is 4.14. The molecule has 1 aliphatic rings. The number of aromatic nitrogens is 1. The number of anilines is 1. The van der Waals surface area contributed by atoms with Gasteiger partial charge in [-0.05, 0) is 49.4 Å². The summed E-state index contributed by atoms with van der Waals surface area (Å²) >= 11 is 0. The fourth-order valence-corrected chi connectivity index (χ4v) is 4.15. The van der Waals surface area contributed by atoms with E-state index in [9.17, 15) is 22.8 Å². The quantitative estimate of drug-likeness (QED) is 0.574. The molecule has 1 amide bonds. The number of pyridine rings is 1. The summed E-state index contributed by atoms with van der Waals surface area (Å²) in [5, 5.41) is 0. The van der Waals surface area contributed by atoms with Crippen LogP contribution >= 0.6 is 0 Å². The monoisotopic (exact) mass is 471 g/mol. The topological polar surface area (TPSA) is 54.8 Å². The largest absolute Gasteiger partial charge is 0.495 e. The molecule has 1 aromatic heterocycles. The van der Waals surface area contributed by atoms with Crippen molar-refractivity contribution in [2.75, 3.05) is 38.2 Å². The average Bonchev–Trinajstić information content (AvgIpc) is 2.83. The van der Waals surface area contributed by atoms with Crippen molar-refractivity contribution in [3.63, 3.8) is 0 Å². The number of carbonyl (C=O) groups is 1. The molecule has 9 heteroatoms. The summed E-state index contributed by atoms with van der Waals surface area (Å²) in [6.45, 7) is 3.52. The summed E-state index contributed by atoms with van der Waals surface area (Å²) in [6, 6.07) is 15.2. The summed E-state index contributed by atoms with van der Waals surface area (Å²) in [5.74, 6) is 0.301. The third kappa shape index (κ3) is 4.50. The van der Waals surface area contributed by atoms with Gasteiger partial charge in [-0.25, -0.2) is 0 Å². The number of carbonyl (C=O) groups excluding carboxylic acids is 1. The van der Waals surface area contributed by atoms with Gasteiger partial charge >= 0.3 is 6.18 Å². The minimum absolute atomic E-state index is 0.0629. The molecule has 0 spiro atoms. The molecular formula is C25H24F3N3O3. The maximum Gasteiger partial charge on any atom is 0.416 e. The van der Waals surface area contributed by atoms with Gasteiger partial charge in [-0.2, -0.15) is 13.2 Å². The van der Waals surface area contributed by atoms with E-state index in [1.165, 1.54) is 18.2 Å². The summed E-state index contributed by atoms with van der Waals surface area (Å²) in [7, 11) is 1.60. The van der Waals surface area contributed by atoms with E-state index < -0.39 is 23.2 Å². The Morgan fingerprint density at radius 1 is 0.941 bits per heavy atom. The predicted molar refractivity (Wildman–Crippen MR) is 123 cm³/mol. The van der Waals surface area contributed by atoms with Crippen LogP contribution in [0.2, 0.25) is 0 Å². The second kappa shape index (κ2) is 9.24. The van der Waals surface area contributed by atoms with Crippen LogP contribution in [0.3, 0.4) is 0 Å². The maximum atomic E-state index is 13.2. The number of alkyl halides is 3. The Hall–Kier alpha value is -3.75. The van der Waals surface area contributed by atoms with Crippen LogP contribution in [-0.4, -0.2) is 48.7 Å². The second-order valence-electron chi connectivity index (χ2n) is 8.03. The van der Waals surface area contributed by atoms with E-state index in [0.29, 0.717) is 31.9 Å². The number of rotatable bonds is 4. The van der Waals surface area contributed by atoms with Crippen LogP contribution in [0.25, 0.3) is 5.69 Å². The molecule has 2 aromatic carbocycles. The van der Waals surface area contributed by atoms with Gasteiger partial charge in [0.15, 0.2) is 0 Å². The number of hydrogen-bond donors (Lipinski definition) is 0. The Bertz CT molecular complexity index is 1260. The molecule has 34 heavy (non-hydrogen) atoms. The highest BCUT2D eigenvalue weighted by Gasteiger charge is 2.31. The number of ether oxygens (including phenoxy) is 1. The lowest BCUT2D eigenvalue weighted by Crippen LogP contribution is -2.50. The van der Waals surface area contributed by atoms with Gasteiger partial charge < -0.3 is 14.5 Å². The molecule has 0 radical (unpaired) electrons. The number of benzene rings is 2. The molecule has 2 heterocycles. The zero-order valence-electron chi connectivity index (χ0n) is 18.8. The normalized spacial score (nSPS) is 14.3. The third-order valence-corrected chi connectivity index (χ3v) is 5.93. The van der Waals surface area contributed by atoms with Crippen molar-refractivity contribution in [3.05, 3.63) is 87.8 Å². The van der Waals surface area contributed by atoms with Gasteiger partial charge in [-0.15, -0.1) is 0 Å². The minimum atomic E-state index is -4.54. The molecule has 0 saturated carbocycles. The van der Waals surface area contributed by atoms with E-state index in [1.807, 2.05) is 24.3 Å². The number of aryl methyl sites for hydroxylation is 1. The van der Waals surface area contributed by atoms with E-state index in [4.69, 9.17) is 4.74 Å². The molecular weight excluding hydrogens is 447 g/mol. The molecule has 178 valence electrons. The zero-order valence-corrected chi connectivity index (χ0v) is 18.8. The third-order valence-electron chi connectivity index (χ3n) is 5.93. The van der Waals surface area contributed by atoms with Crippen molar-refractivity contribution in [2.24, 2.45) is 0 Å². The number of halogens is 3. The minimum Gasteiger partial charge on any atom is -0.495 e. The maximum absolute atomic E-state index is 13.2. The van der Waals surface area contributed by atoms with E-state index in [0.717, 1.165) is 28.1 Å². The molecule has 4 rings (SSSR count). The van der Waals surface area contributed by atoms with Crippen molar-refractivity contribution >= 4 is 11.6 Å². The lowest BCUT2D eigenvalue weighted by Gasteiger charge is -2.36. The highest BCUT2D eigenvalue weighted by atomic mass is 19.4. The second-order valence-corrected chi connectivity index (χ2v) is 8.03. The fraction of sp³-hybridized carbons (Fsp3) is 0.280. The van der Waals surface area contributed by atoms with E-state index in [2.05, 4.69) is 4.90 Å². The lowest BCUT2D eigenvalue weighted by atomic mass is 10.1. The SMILES string of the molecule is COc1ccccc1N1CCN(C(=O)c2ccc(C)n(-c3cccc(C(F)(F)F)c3)c2=O)CC1. The molecule has 0 unspecified atom stereocenters. The summed E-state index contributed by atoms with van der Waals surface area (Å²) in [6.07, 6.45) is -4.54. The fourth-order valence-electron chi connectivity index (χ4n) is 4.15. The van der Waals surface area contributed by atoms with Crippen molar-refractivity contribution in [3.8, 4) is 11.4 Å². The van der Waals surface area contributed by atoms with Crippen molar-refractivity contribution in [1.82, 2.24) is 9.47 Å². The first-order valence-corrected chi connectivity index (χ1v) is 10.8. The highest BCUT2D eigenvalue weighted by molar-refractivity contribution is 5.94. The Morgan fingerprint density at radius 3 is 2.32 bits per heavy atom. The molecule has 3 aromatic rings. The van der Waals surface area contributed by atoms with Gasteiger partial charge in [-0.3, -0.25) is 14.2 Å². The summed E-state index contributed by atoms with van der Waals surface area (Å²) < 4.78 is 46.1. The Balaban J connectivity index is 1.58. The Kier molecular flexibility index (Phi) is 6.37. The van der Waals surface area contributed by atoms with Crippen molar-refractivity contribution < 1.29 is 22.7 Å². The van der Waals surface area contributed by atoms with Gasteiger partial charge in [0.2, 0.25) is 0 Å². The van der Waals surface area contributed by atoms with Crippen LogP contribution in [0.1, 0.15) is 21.6 Å². The van der Waals surface area contributed by atoms with Crippen molar-refractivity contribution in [1.29, 1.82) is 0 Å². The van der Waals surface area contributed by atoms with Crippen LogP contribution in [0, 0.1) is 6.92 Å². The molecule has 6 nitrogen and oxygen atoms in total. The highest BCUT2D eigenvalue weighted by Crippen LogP contribution is 2.31. The molecule has 0 bridgehead atoms. The number of para-hydroxylation sites is 2. The van der Waals surface area contributed by atoms with Gasteiger partial charge in [0.05, 0.1) is 18.4 Å². The van der Waals surface area contributed by atoms with Crippen LogP contribution in [0.4, 0.5) is 18.9 Å². The van der Waals surface area contributed by atoms with Crippen LogP contribution in [0.15, 0.2) is 65.5 Å². The molecule has 1 fully saturated rings. The number of amides is 1.